The van der Waals surface area contributed by atoms with Gasteiger partial charge in [-0.2, -0.15) is 0 Å². The van der Waals surface area contributed by atoms with Gasteiger partial charge < -0.3 is 19.5 Å². The van der Waals surface area contributed by atoms with Crippen LogP contribution in [0.5, 0.6) is 11.5 Å². The number of hydrogen-bond acceptors (Lipinski definition) is 5. The first-order valence-corrected chi connectivity index (χ1v) is 8.41. The molecule has 1 amide bonds. The second-order valence-corrected chi connectivity index (χ2v) is 5.72. The van der Waals surface area contributed by atoms with Crippen LogP contribution in [-0.4, -0.2) is 31.7 Å². The normalized spacial score (nSPS) is 11.4. The topological polar surface area (TPSA) is 73.9 Å². The number of carbonyl (C=O) groups excluding carboxylic acids is 2. The fraction of sp³-hybridized carbons (Fsp3) is 0.263. The van der Waals surface area contributed by atoms with E-state index < -0.39 is 12.1 Å². The Kier molecular flexibility index (Phi) is 6.86. The number of hydrogen-bond donors (Lipinski definition) is 1. The highest BCUT2D eigenvalue weighted by molar-refractivity contribution is 6.34. The minimum Gasteiger partial charge on any atom is -0.493 e. The van der Waals surface area contributed by atoms with E-state index in [-0.39, 0.29) is 23.1 Å². The van der Waals surface area contributed by atoms with Crippen LogP contribution >= 0.6 is 11.6 Å². The third-order valence-corrected chi connectivity index (χ3v) is 3.79. The van der Waals surface area contributed by atoms with Crippen LogP contribution in [0.1, 0.15) is 24.2 Å². The maximum atomic E-state index is 12.3. The van der Waals surface area contributed by atoms with Crippen molar-refractivity contribution in [2.24, 2.45) is 0 Å². The minimum atomic E-state index is -0.769. The Hall–Kier alpha value is -2.73. The van der Waals surface area contributed by atoms with Gasteiger partial charge in [0.2, 0.25) is 0 Å². The minimum absolute atomic E-state index is 0.194. The summed E-state index contributed by atoms with van der Waals surface area (Å²) in [6.45, 7) is 3.59. The molecule has 0 radical (unpaired) electrons. The fourth-order valence-electron chi connectivity index (χ4n) is 2.17. The number of anilines is 1. The van der Waals surface area contributed by atoms with E-state index in [9.17, 15) is 9.59 Å². The molecule has 1 N–H and O–H groups in total. The summed E-state index contributed by atoms with van der Waals surface area (Å²) in [5, 5.41) is 2.89. The number of amides is 1. The number of carbonyl (C=O) groups is 2. The fourth-order valence-corrected chi connectivity index (χ4v) is 2.43. The van der Waals surface area contributed by atoms with E-state index in [1.54, 1.807) is 38.1 Å². The molecule has 26 heavy (non-hydrogen) atoms. The molecule has 0 unspecified atom stereocenters. The molecular weight excluding hydrogens is 358 g/mol. The lowest BCUT2D eigenvalue weighted by Gasteiger charge is -2.17. The van der Waals surface area contributed by atoms with Crippen LogP contribution in [0.2, 0.25) is 5.02 Å². The number of nitrogens with one attached hydrogen (secondary N) is 1. The summed E-state index contributed by atoms with van der Waals surface area (Å²) in [5.41, 5.74) is 0.688. The van der Waals surface area contributed by atoms with Crippen LogP contribution in [0.3, 0.4) is 0 Å². The Morgan fingerprint density at radius 2 is 1.85 bits per heavy atom. The molecule has 0 bridgehead atoms. The summed E-state index contributed by atoms with van der Waals surface area (Å²) in [5.74, 6) is 0.126. The number of esters is 1. The lowest BCUT2D eigenvalue weighted by molar-refractivity contribution is -0.122. The first kappa shape index (κ1) is 19.6. The Bertz CT molecular complexity index is 793. The lowest BCUT2D eigenvalue weighted by atomic mass is 10.2. The summed E-state index contributed by atoms with van der Waals surface area (Å²) in [6, 6.07) is 11.6. The van der Waals surface area contributed by atoms with Gasteiger partial charge in [0.05, 0.1) is 24.3 Å². The van der Waals surface area contributed by atoms with Gasteiger partial charge in [0.25, 0.3) is 5.91 Å². The molecule has 0 saturated heterocycles. The van der Waals surface area contributed by atoms with Crippen LogP contribution < -0.4 is 14.8 Å². The van der Waals surface area contributed by atoms with E-state index >= 15 is 0 Å². The molecule has 0 spiro atoms. The van der Waals surface area contributed by atoms with Gasteiger partial charge in [-0.1, -0.05) is 23.7 Å². The standard InChI is InChI=1S/C19H20ClNO5/c1-4-25-19(23)14-10-9-13(11-15(14)20)21-18(22)12(2)26-17-8-6-5-7-16(17)24-3/h5-12H,4H2,1-3H3,(H,21,22)/t12-/m0/s1. The van der Waals surface area contributed by atoms with Gasteiger partial charge >= 0.3 is 5.97 Å². The van der Waals surface area contributed by atoms with Gasteiger partial charge in [-0.15, -0.1) is 0 Å². The van der Waals surface area contributed by atoms with Crippen molar-refractivity contribution in [1.82, 2.24) is 0 Å². The predicted molar refractivity (Wildman–Crippen MR) is 99.1 cm³/mol. The van der Waals surface area contributed by atoms with Crippen molar-refractivity contribution >= 4 is 29.2 Å². The summed E-state index contributed by atoms with van der Waals surface area (Å²) in [7, 11) is 1.53. The third-order valence-electron chi connectivity index (χ3n) is 3.47. The quantitative estimate of drug-likeness (QED) is 0.740. The Morgan fingerprint density at radius 3 is 2.46 bits per heavy atom. The molecule has 0 aliphatic rings. The van der Waals surface area contributed by atoms with Gasteiger partial charge in [0, 0.05) is 5.69 Å². The Morgan fingerprint density at radius 1 is 1.15 bits per heavy atom. The van der Waals surface area contributed by atoms with Gasteiger partial charge in [-0.25, -0.2) is 4.79 Å². The molecule has 2 aromatic carbocycles. The van der Waals surface area contributed by atoms with Crippen molar-refractivity contribution < 1.29 is 23.8 Å². The Labute approximate surface area is 157 Å². The van der Waals surface area contributed by atoms with Crippen LogP contribution in [-0.2, 0) is 9.53 Å². The average Bonchev–Trinajstić information content (AvgIpc) is 2.62. The predicted octanol–water partition coefficient (Wildman–Crippen LogP) is 3.93. The molecular formula is C19H20ClNO5. The van der Waals surface area contributed by atoms with Crippen LogP contribution in [0.25, 0.3) is 0 Å². The molecule has 6 nitrogen and oxygen atoms in total. The zero-order valence-electron chi connectivity index (χ0n) is 14.7. The van der Waals surface area contributed by atoms with Crippen molar-refractivity contribution in [3.8, 4) is 11.5 Å². The third kappa shape index (κ3) is 4.89. The van der Waals surface area contributed by atoms with Gasteiger partial charge in [-0.05, 0) is 44.2 Å². The molecule has 7 heteroatoms. The van der Waals surface area contributed by atoms with E-state index in [4.69, 9.17) is 25.8 Å². The average molecular weight is 378 g/mol. The number of halogens is 1. The SMILES string of the molecule is CCOC(=O)c1ccc(NC(=O)[C@H](C)Oc2ccccc2OC)cc1Cl. The van der Waals surface area contributed by atoms with Gasteiger partial charge in [0.15, 0.2) is 17.6 Å². The molecule has 2 aromatic rings. The van der Waals surface area contributed by atoms with Gasteiger partial charge in [0.1, 0.15) is 0 Å². The number of ether oxygens (including phenoxy) is 3. The summed E-state index contributed by atoms with van der Waals surface area (Å²) in [6.07, 6.45) is -0.769. The van der Waals surface area contributed by atoms with Gasteiger partial charge in [-0.3, -0.25) is 4.79 Å². The van der Waals surface area contributed by atoms with Crippen molar-refractivity contribution in [3.05, 3.63) is 53.1 Å². The molecule has 0 fully saturated rings. The molecule has 1 atom stereocenters. The molecule has 0 heterocycles. The highest BCUT2D eigenvalue weighted by Gasteiger charge is 2.18. The second kappa shape index (κ2) is 9.10. The summed E-state index contributed by atoms with van der Waals surface area (Å²) in [4.78, 5) is 24.1. The maximum absolute atomic E-state index is 12.3. The smallest absolute Gasteiger partial charge is 0.339 e. The van der Waals surface area contributed by atoms with Crippen LogP contribution in [0.4, 0.5) is 5.69 Å². The first-order valence-electron chi connectivity index (χ1n) is 8.03. The molecule has 0 aliphatic carbocycles. The highest BCUT2D eigenvalue weighted by Crippen LogP contribution is 2.27. The number of para-hydroxylation sites is 2. The van der Waals surface area contributed by atoms with Crippen LogP contribution in [0.15, 0.2) is 42.5 Å². The number of benzene rings is 2. The highest BCUT2D eigenvalue weighted by atomic mass is 35.5. The first-order chi connectivity index (χ1) is 12.5. The number of rotatable bonds is 7. The molecule has 0 aromatic heterocycles. The second-order valence-electron chi connectivity index (χ2n) is 5.32. The van der Waals surface area contributed by atoms with E-state index in [0.717, 1.165) is 0 Å². The molecule has 0 aliphatic heterocycles. The molecule has 0 saturated carbocycles. The summed E-state index contributed by atoms with van der Waals surface area (Å²) >= 11 is 6.09. The van der Waals surface area contributed by atoms with E-state index in [0.29, 0.717) is 17.2 Å². The Balaban J connectivity index is 2.04. The molecule has 138 valence electrons. The maximum Gasteiger partial charge on any atom is 0.339 e. The monoisotopic (exact) mass is 377 g/mol. The van der Waals surface area contributed by atoms with Crippen molar-refractivity contribution in [2.75, 3.05) is 19.0 Å². The molecule has 2 rings (SSSR count). The largest absolute Gasteiger partial charge is 0.493 e. The zero-order valence-corrected chi connectivity index (χ0v) is 15.5. The van der Waals surface area contributed by atoms with Crippen molar-refractivity contribution in [2.45, 2.75) is 20.0 Å². The van der Waals surface area contributed by atoms with Crippen molar-refractivity contribution in [3.63, 3.8) is 0 Å². The van der Waals surface area contributed by atoms with E-state index in [2.05, 4.69) is 5.32 Å². The van der Waals surface area contributed by atoms with E-state index in [1.165, 1.54) is 19.2 Å². The summed E-state index contributed by atoms with van der Waals surface area (Å²) < 4.78 is 15.8. The lowest BCUT2D eigenvalue weighted by Crippen LogP contribution is -2.30. The zero-order chi connectivity index (χ0) is 19.1. The van der Waals surface area contributed by atoms with E-state index in [1.807, 2.05) is 6.07 Å². The van der Waals surface area contributed by atoms with Crippen molar-refractivity contribution in [1.29, 1.82) is 0 Å². The number of methoxy groups -OCH3 is 1. The van der Waals surface area contributed by atoms with Crippen LogP contribution in [0, 0.1) is 0 Å².